The molecule has 0 amide bonds. The van der Waals surface area contributed by atoms with Gasteiger partial charge in [0.25, 0.3) is 0 Å². The Balaban J connectivity index is 2.36. The van der Waals surface area contributed by atoms with E-state index in [0.29, 0.717) is 29.4 Å². The molecule has 0 aliphatic carbocycles. The second-order valence-electron chi connectivity index (χ2n) is 4.09. The van der Waals surface area contributed by atoms with E-state index >= 15 is 0 Å². The van der Waals surface area contributed by atoms with Crippen LogP contribution in [0.15, 0.2) is 30.6 Å². The zero-order valence-electron chi connectivity index (χ0n) is 9.98. The summed E-state index contributed by atoms with van der Waals surface area (Å²) in [5.74, 6) is 0.253. The zero-order valence-corrected chi connectivity index (χ0v) is 10.7. The number of hydrogen-bond acceptors (Lipinski definition) is 2. The molecule has 0 saturated carbocycles. The van der Waals surface area contributed by atoms with Gasteiger partial charge in [0.15, 0.2) is 0 Å². The van der Waals surface area contributed by atoms with Gasteiger partial charge in [0.2, 0.25) is 0 Å². The molecule has 2 aromatic rings. The minimum Gasteiger partial charge on any atom is -0.391 e. The number of halogens is 2. The third-order valence-corrected chi connectivity index (χ3v) is 3.08. The van der Waals surface area contributed by atoms with Crippen molar-refractivity contribution in [3.8, 4) is 11.4 Å². The number of nitrogens with zero attached hydrogens (tertiary/aromatic N) is 2. The molecule has 96 valence electrons. The minimum absolute atomic E-state index is 0.313. The maximum Gasteiger partial charge on any atom is 0.141 e. The summed E-state index contributed by atoms with van der Waals surface area (Å²) in [6.45, 7) is 2.35. The van der Waals surface area contributed by atoms with Crippen molar-refractivity contribution in [1.29, 1.82) is 0 Å². The van der Waals surface area contributed by atoms with Crippen molar-refractivity contribution < 1.29 is 9.50 Å². The van der Waals surface area contributed by atoms with Gasteiger partial charge in [-0.25, -0.2) is 9.37 Å². The van der Waals surface area contributed by atoms with Gasteiger partial charge in [0, 0.05) is 18.0 Å². The molecule has 0 spiro atoms. The fourth-order valence-corrected chi connectivity index (χ4v) is 1.98. The normalized spacial score (nSPS) is 12.7. The lowest BCUT2D eigenvalue weighted by molar-refractivity contribution is 0.150. The number of benzene rings is 1. The monoisotopic (exact) mass is 268 g/mol. The Morgan fingerprint density at radius 2 is 2.28 bits per heavy atom. The number of imidazole rings is 1. The van der Waals surface area contributed by atoms with Crippen molar-refractivity contribution >= 4 is 11.6 Å². The highest BCUT2D eigenvalue weighted by Gasteiger charge is 2.12. The summed E-state index contributed by atoms with van der Waals surface area (Å²) in [6.07, 6.45) is 3.64. The molecule has 1 heterocycles. The molecule has 0 aliphatic heterocycles. The summed E-state index contributed by atoms with van der Waals surface area (Å²) in [5, 5.41) is 9.99. The van der Waals surface area contributed by atoms with E-state index in [2.05, 4.69) is 4.98 Å². The van der Waals surface area contributed by atoms with E-state index in [0.717, 1.165) is 0 Å². The van der Waals surface area contributed by atoms with E-state index in [4.69, 9.17) is 11.6 Å². The predicted molar refractivity (Wildman–Crippen MR) is 68.9 cm³/mol. The van der Waals surface area contributed by atoms with Crippen molar-refractivity contribution in [1.82, 2.24) is 9.55 Å². The standard InChI is InChI=1S/C13H14ClFN2O/c1-2-10(18)8-17-6-5-16-13(17)11-4-3-9(15)7-12(11)14/h3-7,10,18H,2,8H2,1H3/t10-/m0/s1. The molecule has 2 rings (SSSR count). The molecule has 0 unspecified atom stereocenters. The second kappa shape index (κ2) is 5.50. The van der Waals surface area contributed by atoms with Crippen molar-refractivity contribution in [2.24, 2.45) is 0 Å². The Morgan fingerprint density at radius 3 is 2.94 bits per heavy atom. The number of hydrogen-bond donors (Lipinski definition) is 1. The Kier molecular flexibility index (Phi) is 3.99. The maximum atomic E-state index is 13.0. The van der Waals surface area contributed by atoms with Crippen LogP contribution in [-0.2, 0) is 6.54 Å². The third kappa shape index (κ3) is 2.71. The molecule has 0 bridgehead atoms. The van der Waals surface area contributed by atoms with Crippen LogP contribution in [-0.4, -0.2) is 20.8 Å². The Hall–Kier alpha value is -1.39. The van der Waals surface area contributed by atoms with Crippen LogP contribution in [0.1, 0.15) is 13.3 Å². The first-order valence-corrected chi connectivity index (χ1v) is 6.14. The van der Waals surface area contributed by atoms with E-state index in [9.17, 15) is 9.50 Å². The van der Waals surface area contributed by atoms with Gasteiger partial charge in [0.1, 0.15) is 11.6 Å². The van der Waals surface area contributed by atoms with E-state index < -0.39 is 6.10 Å². The number of aliphatic hydroxyl groups excluding tert-OH is 1. The molecular weight excluding hydrogens is 255 g/mol. The van der Waals surface area contributed by atoms with Gasteiger partial charge < -0.3 is 9.67 Å². The molecule has 1 N–H and O–H groups in total. The van der Waals surface area contributed by atoms with Gasteiger partial charge in [-0.05, 0) is 24.6 Å². The summed E-state index contributed by atoms with van der Waals surface area (Å²) >= 11 is 6.01. The van der Waals surface area contributed by atoms with Gasteiger partial charge in [-0.15, -0.1) is 0 Å². The van der Waals surface area contributed by atoms with Crippen molar-refractivity contribution in [3.63, 3.8) is 0 Å². The van der Waals surface area contributed by atoms with Crippen LogP contribution in [0, 0.1) is 5.82 Å². The molecule has 0 radical (unpaired) electrons. The average Bonchev–Trinajstić information content (AvgIpc) is 2.77. The van der Waals surface area contributed by atoms with Gasteiger partial charge in [-0.1, -0.05) is 18.5 Å². The summed E-state index contributed by atoms with van der Waals surface area (Å²) in [4.78, 5) is 4.21. The summed E-state index contributed by atoms with van der Waals surface area (Å²) in [6, 6.07) is 4.19. The SMILES string of the molecule is CC[C@H](O)Cn1ccnc1-c1ccc(F)cc1Cl. The highest BCUT2D eigenvalue weighted by atomic mass is 35.5. The van der Waals surface area contributed by atoms with Crippen LogP contribution >= 0.6 is 11.6 Å². The Bertz CT molecular complexity index is 542. The van der Waals surface area contributed by atoms with E-state index in [1.54, 1.807) is 18.5 Å². The molecule has 18 heavy (non-hydrogen) atoms. The van der Waals surface area contributed by atoms with Crippen LogP contribution in [0.5, 0.6) is 0 Å². The Labute approximate surface area is 110 Å². The molecular formula is C13H14ClFN2O. The molecule has 0 saturated heterocycles. The molecule has 5 heteroatoms. The minimum atomic E-state index is -0.433. The molecule has 3 nitrogen and oxygen atoms in total. The fraction of sp³-hybridized carbons (Fsp3) is 0.308. The zero-order chi connectivity index (χ0) is 13.1. The van der Waals surface area contributed by atoms with Gasteiger partial charge >= 0.3 is 0 Å². The molecule has 1 aromatic heterocycles. The van der Waals surface area contributed by atoms with Crippen molar-refractivity contribution in [2.75, 3.05) is 0 Å². The lowest BCUT2D eigenvalue weighted by Gasteiger charge is -2.12. The van der Waals surface area contributed by atoms with Gasteiger partial charge in [-0.3, -0.25) is 0 Å². The van der Waals surface area contributed by atoms with E-state index in [-0.39, 0.29) is 5.82 Å². The summed E-state index contributed by atoms with van der Waals surface area (Å²) < 4.78 is 14.8. The van der Waals surface area contributed by atoms with Crippen LogP contribution in [0.2, 0.25) is 5.02 Å². The third-order valence-electron chi connectivity index (χ3n) is 2.77. The van der Waals surface area contributed by atoms with Crippen molar-refractivity contribution in [2.45, 2.75) is 26.0 Å². The van der Waals surface area contributed by atoms with Crippen LogP contribution < -0.4 is 0 Å². The fourth-order valence-electron chi connectivity index (χ4n) is 1.73. The quantitative estimate of drug-likeness (QED) is 0.925. The maximum absolute atomic E-state index is 13.0. The van der Waals surface area contributed by atoms with E-state index in [1.165, 1.54) is 12.1 Å². The number of aliphatic hydroxyl groups is 1. The molecule has 0 aliphatic rings. The second-order valence-corrected chi connectivity index (χ2v) is 4.50. The number of aromatic nitrogens is 2. The average molecular weight is 269 g/mol. The molecule has 0 fully saturated rings. The number of rotatable bonds is 4. The lowest BCUT2D eigenvalue weighted by Crippen LogP contribution is -2.15. The first-order valence-electron chi connectivity index (χ1n) is 5.76. The topological polar surface area (TPSA) is 38.0 Å². The van der Waals surface area contributed by atoms with Crippen LogP contribution in [0.3, 0.4) is 0 Å². The van der Waals surface area contributed by atoms with Crippen LogP contribution in [0.4, 0.5) is 4.39 Å². The first kappa shape index (κ1) is 13.1. The predicted octanol–water partition coefficient (Wildman–Crippen LogP) is 3.11. The van der Waals surface area contributed by atoms with Gasteiger partial charge in [-0.2, -0.15) is 0 Å². The summed E-state index contributed by atoms with van der Waals surface area (Å²) in [5.41, 5.74) is 0.659. The van der Waals surface area contributed by atoms with Crippen molar-refractivity contribution in [3.05, 3.63) is 41.4 Å². The first-order chi connectivity index (χ1) is 8.61. The lowest BCUT2D eigenvalue weighted by atomic mass is 10.2. The van der Waals surface area contributed by atoms with E-state index in [1.807, 2.05) is 11.5 Å². The van der Waals surface area contributed by atoms with Crippen LogP contribution in [0.25, 0.3) is 11.4 Å². The largest absolute Gasteiger partial charge is 0.391 e. The molecule has 1 aromatic carbocycles. The Morgan fingerprint density at radius 1 is 1.50 bits per heavy atom. The smallest absolute Gasteiger partial charge is 0.141 e. The van der Waals surface area contributed by atoms with Gasteiger partial charge in [0.05, 0.1) is 17.7 Å². The summed E-state index contributed by atoms with van der Waals surface area (Å²) in [7, 11) is 0. The highest BCUT2D eigenvalue weighted by Crippen LogP contribution is 2.27. The molecule has 1 atom stereocenters. The highest BCUT2D eigenvalue weighted by molar-refractivity contribution is 6.33.